The molecule has 0 amide bonds. The van der Waals surface area contributed by atoms with Gasteiger partial charge in [0.15, 0.2) is 5.17 Å². The molecule has 17 heavy (non-hydrogen) atoms. The van der Waals surface area contributed by atoms with Gasteiger partial charge in [0, 0.05) is 32.0 Å². The minimum absolute atomic E-state index is 0.588. The SMILES string of the molecule is COCCN(C)CCN=C1NC(C(C)C)CS1. The Labute approximate surface area is 109 Å². The van der Waals surface area contributed by atoms with E-state index in [1.54, 1.807) is 7.11 Å². The summed E-state index contributed by atoms with van der Waals surface area (Å²) in [6, 6.07) is 0.588. The van der Waals surface area contributed by atoms with Crippen molar-refractivity contribution in [3.05, 3.63) is 0 Å². The lowest BCUT2D eigenvalue weighted by Gasteiger charge is -2.15. The van der Waals surface area contributed by atoms with Crippen molar-refractivity contribution >= 4 is 16.9 Å². The van der Waals surface area contributed by atoms with Gasteiger partial charge in [-0.1, -0.05) is 25.6 Å². The molecular weight excluding hydrogens is 234 g/mol. The number of ether oxygens (including phenoxy) is 1. The third kappa shape index (κ3) is 5.75. The van der Waals surface area contributed by atoms with Crippen LogP contribution in [0.15, 0.2) is 4.99 Å². The van der Waals surface area contributed by atoms with Crippen LogP contribution >= 0.6 is 11.8 Å². The van der Waals surface area contributed by atoms with E-state index < -0.39 is 0 Å². The van der Waals surface area contributed by atoms with E-state index in [-0.39, 0.29) is 0 Å². The molecule has 5 heteroatoms. The number of nitrogens with one attached hydrogen (secondary N) is 1. The fraction of sp³-hybridized carbons (Fsp3) is 0.917. The molecule has 0 radical (unpaired) electrons. The Morgan fingerprint density at radius 1 is 1.53 bits per heavy atom. The van der Waals surface area contributed by atoms with Crippen molar-refractivity contribution < 1.29 is 4.74 Å². The monoisotopic (exact) mass is 259 g/mol. The molecule has 4 nitrogen and oxygen atoms in total. The molecule has 1 heterocycles. The molecule has 0 aromatic heterocycles. The molecule has 0 saturated carbocycles. The van der Waals surface area contributed by atoms with Crippen molar-refractivity contribution in [2.75, 3.05) is 46.2 Å². The zero-order valence-corrected chi connectivity index (χ0v) is 12.2. The van der Waals surface area contributed by atoms with Gasteiger partial charge in [-0.25, -0.2) is 0 Å². The highest BCUT2D eigenvalue weighted by Gasteiger charge is 2.22. The van der Waals surface area contributed by atoms with E-state index in [0.29, 0.717) is 12.0 Å². The third-order valence-corrected chi connectivity index (χ3v) is 3.97. The third-order valence-electron chi connectivity index (χ3n) is 2.93. The molecule has 1 saturated heterocycles. The molecule has 1 aliphatic rings. The van der Waals surface area contributed by atoms with Crippen LogP contribution in [0.3, 0.4) is 0 Å². The summed E-state index contributed by atoms with van der Waals surface area (Å²) in [5, 5.41) is 4.59. The van der Waals surface area contributed by atoms with Crippen LogP contribution in [0, 0.1) is 5.92 Å². The van der Waals surface area contributed by atoms with Crippen LogP contribution in [0.1, 0.15) is 13.8 Å². The van der Waals surface area contributed by atoms with E-state index >= 15 is 0 Å². The minimum Gasteiger partial charge on any atom is -0.383 e. The summed E-state index contributed by atoms with van der Waals surface area (Å²) in [6.45, 7) is 8.10. The van der Waals surface area contributed by atoms with E-state index in [1.807, 2.05) is 11.8 Å². The van der Waals surface area contributed by atoms with Crippen molar-refractivity contribution in [1.29, 1.82) is 0 Å². The van der Waals surface area contributed by atoms with Crippen molar-refractivity contribution in [3.63, 3.8) is 0 Å². The highest BCUT2D eigenvalue weighted by molar-refractivity contribution is 8.14. The zero-order valence-electron chi connectivity index (χ0n) is 11.4. The van der Waals surface area contributed by atoms with Crippen molar-refractivity contribution in [1.82, 2.24) is 10.2 Å². The quantitative estimate of drug-likeness (QED) is 0.747. The maximum Gasteiger partial charge on any atom is 0.156 e. The van der Waals surface area contributed by atoms with Gasteiger partial charge in [-0.3, -0.25) is 4.99 Å². The first-order chi connectivity index (χ1) is 8.13. The Balaban J connectivity index is 2.17. The van der Waals surface area contributed by atoms with E-state index in [0.717, 1.165) is 37.2 Å². The van der Waals surface area contributed by atoms with Crippen LogP contribution in [0.2, 0.25) is 0 Å². The van der Waals surface area contributed by atoms with Crippen LogP contribution in [0.4, 0.5) is 0 Å². The smallest absolute Gasteiger partial charge is 0.156 e. The van der Waals surface area contributed by atoms with Crippen LogP contribution in [0.5, 0.6) is 0 Å². The Morgan fingerprint density at radius 2 is 2.29 bits per heavy atom. The topological polar surface area (TPSA) is 36.9 Å². The molecule has 0 spiro atoms. The van der Waals surface area contributed by atoms with Gasteiger partial charge in [-0.15, -0.1) is 0 Å². The number of likely N-dealkylation sites (N-methyl/N-ethyl adjacent to an activating group) is 1. The lowest BCUT2D eigenvalue weighted by molar-refractivity contribution is 0.163. The summed E-state index contributed by atoms with van der Waals surface area (Å²) in [5.74, 6) is 1.83. The molecule has 0 aromatic rings. The van der Waals surface area contributed by atoms with Gasteiger partial charge >= 0.3 is 0 Å². The van der Waals surface area contributed by atoms with Gasteiger partial charge in [0.2, 0.25) is 0 Å². The number of hydrogen-bond donors (Lipinski definition) is 1. The Kier molecular flexibility index (Phi) is 6.92. The molecule has 1 aliphatic heterocycles. The largest absolute Gasteiger partial charge is 0.383 e. The number of methoxy groups -OCH3 is 1. The summed E-state index contributed by atoms with van der Waals surface area (Å²) < 4.78 is 5.04. The fourth-order valence-electron chi connectivity index (χ4n) is 1.54. The predicted octanol–water partition coefficient (Wildman–Crippen LogP) is 1.28. The van der Waals surface area contributed by atoms with Gasteiger partial charge in [-0.05, 0) is 13.0 Å². The van der Waals surface area contributed by atoms with Crippen LogP contribution in [0.25, 0.3) is 0 Å². The predicted molar refractivity (Wildman–Crippen MR) is 75.9 cm³/mol. The molecule has 0 aromatic carbocycles. The van der Waals surface area contributed by atoms with E-state index in [9.17, 15) is 0 Å². The van der Waals surface area contributed by atoms with Gasteiger partial charge in [0.25, 0.3) is 0 Å². The summed E-state index contributed by atoms with van der Waals surface area (Å²) >= 11 is 1.84. The number of aliphatic imine (C=N–C) groups is 1. The van der Waals surface area contributed by atoms with E-state index in [4.69, 9.17) is 4.74 Å². The second-order valence-electron chi connectivity index (χ2n) is 4.79. The number of nitrogens with zero attached hydrogens (tertiary/aromatic N) is 2. The molecule has 0 aliphatic carbocycles. The summed E-state index contributed by atoms with van der Waals surface area (Å²) in [5.41, 5.74) is 0. The molecule has 0 bridgehead atoms. The Morgan fingerprint density at radius 3 is 2.88 bits per heavy atom. The highest BCUT2D eigenvalue weighted by atomic mass is 32.2. The lowest BCUT2D eigenvalue weighted by Crippen LogP contribution is -2.32. The number of rotatable bonds is 7. The summed E-state index contributed by atoms with van der Waals surface area (Å²) in [7, 11) is 3.84. The molecule has 1 rings (SSSR count). The van der Waals surface area contributed by atoms with E-state index in [1.165, 1.54) is 0 Å². The van der Waals surface area contributed by atoms with Gasteiger partial charge in [-0.2, -0.15) is 0 Å². The maximum absolute atomic E-state index is 5.04. The molecule has 1 fully saturated rings. The average Bonchev–Trinajstić information content (AvgIpc) is 2.75. The van der Waals surface area contributed by atoms with Crippen LogP contribution in [-0.2, 0) is 4.74 Å². The molecular formula is C12H25N3OS. The number of thioether (sulfide) groups is 1. The normalized spacial score (nSPS) is 22.7. The highest BCUT2D eigenvalue weighted by Crippen LogP contribution is 2.18. The standard InChI is InChI=1S/C12H25N3OS/c1-10(2)11-9-17-12(14-11)13-5-6-15(3)7-8-16-4/h10-11H,5-9H2,1-4H3,(H,13,14). The first-order valence-electron chi connectivity index (χ1n) is 6.24. The first-order valence-corrected chi connectivity index (χ1v) is 7.23. The Bertz CT molecular complexity index is 246. The van der Waals surface area contributed by atoms with Crippen molar-refractivity contribution in [2.24, 2.45) is 10.9 Å². The summed E-state index contributed by atoms with van der Waals surface area (Å²) in [4.78, 5) is 6.83. The first kappa shape index (κ1) is 14.8. The van der Waals surface area contributed by atoms with Gasteiger partial charge < -0.3 is 15.0 Å². The number of amidine groups is 1. The Hall–Kier alpha value is -0.260. The minimum atomic E-state index is 0.588. The second-order valence-corrected chi connectivity index (χ2v) is 5.80. The zero-order chi connectivity index (χ0) is 12.7. The van der Waals surface area contributed by atoms with Crippen molar-refractivity contribution in [2.45, 2.75) is 19.9 Å². The van der Waals surface area contributed by atoms with Crippen LogP contribution < -0.4 is 5.32 Å². The van der Waals surface area contributed by atoms with Gasteiger partial charge in [0.05, 0.1) is 13.2 Å². The molecule has 1 N–H and O–H groups in total. The summed E-state index contributed by atoms with van der Waals surface area (Å²) in [6.07, 6.45) is 0. The molecule has 1 atom stereocenters. The molecule has 1 unspecified atom stereocenters. The lowest BCUT2D eigenvalue weighted by atomic mass is 10.1. The second kappa shape index (κ2) is 7.95. The van der Waals surface area contributed by atoms with E-state index in [2.05, 4.69) is 36.1 Å². The number of hydrogen-bond acceptors (Lipinski definition) is 4. The van der Waals surface area contributed by atoms with Gasteiger partial charge in [0.1, 0.15) is 0 Å². The van der Waals surface area contributed by atoms with Crippen LogP contribution in [-0.4, -0.2) is 62.3 Å². The average molecular weight is 259 g/mol. The fourth-order valence-corrected chi connectivity index (χ4v) is 2.77. The molecule has 100 valence electrons. The maximum atomic E-state index is 5.04. The van der Waals surface area contributed by atoms with Crippen molar-refractivity contribution in [3.8, 4) is 0 Å².